The van der Waals surface area contributed by atoms with E-state index in [1.54, 1.807) is 6.07 Å². The summed E-state index contributed by atoms with van der Waals surface area (Å²) in [5.41, 5.74) is 5.66. The fourth-order valence-corrected chi connectivity index (χ4v) is 2.16. The normalized spacial score (nSPS) is 31.1. The molecule has 1 aromatic rings. The Hall–Kier alpha value is -1.29. The van der Waals surface area contributed by atoms with E-state index in [0.717, 1.165) is 5.56 Å². The molecule has 1 aromatic heterocycles. The van der Waals surface area contributed by atoms with Gasteiger partial charge in [0, 0.05) is 6.04 Å². The number of aryl methyl sites for hydroxylation is 1. The summed E-state index contributed by atoms with van der Waals surface area (Å²) in [7, 11) is 0. The molecule has 0 aromatic carbocycles. The van der Waals surface area contributed by atoms with Gasteiger partial charge < -0.3 is 15.3 Å². The van der Waals surface area contributed by atoms with Crippen molar-refractivity contribution in [2.24, 2.45) is 5.73 Å². The lowest BCUT2D eigenvalue weighted by Crippen LogP contribution is -2.54. The minimum Gasteiger partial charge on any atom is -0.480 e. The summed E-state index contributed by atoms with van der Waals surface area (Å²) in [5, 5.41) is 9.18. The second-order valence-electron chi connectivity index (χ2n) is 3.99. The molecular weight excluding hydrogens is 182 g/mol. The Morgan fingerprint density at radius 3 is 2.71 bits per heavy atom. The molecule has 0 amide bonds. The first kappa shape index (κ1) is 9.27. The summed E-state index contributed by atoms with van der Waals surface area (Å²) >= 11 is 0. The van der Waals surface area contributed by atoms with Crippen LogP contribution in [-0.2, 0) is 10.2 Å². The quantitative estimate of drug-likeness (QED) is 0.739. The third-order valence-corrected chi connectivity index (χ3v) is 2.93. The number of hydrogen-bond donors (Lipinski definition) is 2. The van der Waals surface area contributed by atoms with Crippen LogP contribution in [0.3, 0.4) is 0 Å². The largest absolute Gasteiger partial charge is 0.480 e. The summed E-state index contributed by atoms with van der Waals surface area (Å²) in [6.07, 6.45) is 2.46. The van der Waals surface area contributed by atoms with Gasteiger partial charge in [0.1, 0.15) is 11.2 Å². The van der Waals surface area contributed by atoms with Crippen LogP contribution in [0.4, 0.5) is 0 Å². The summed E-state index contributed by atoms with van der Waals surface area (Å²) in [6.45, 7) is 1.85. The van der Waals surface area contributed by atoms with E-state index in [-0.39, 0.29) is 6.04 Å². The van der Waals surface area contributed by atoms with E-state index in [1.807, 2.05) is 6.92 Å². The number of hydrogen-bond acceptors (Lipinski definition) is 3. The Morgan fingerprint density at radius 2 is 2.36 bits per heavy atom. The SMILES string of the molecule is Cc1ccoc1C1(C(=O)O)CC(N)C1. The van der Waals surface area contributed by atoms with Gasteiger partial charge in [-0.15, -0.1) is 0 Å². The van der Waals surface area contributed by atoms with Crippen LogP contribution < -0.4 is 5.73 Å². The Morgan fingerprint density at radius 1 is 1.71 bits per heavy atom. The maximum Gasteiger partial charge on any atom is 0.317 e. The summed E-state index contributed by atoms with van der Waals surface area (Å²) in [5.74, 6) is -0.274. The average molecular weight is 195 g/mol. The lowest BCUT2D eigenvalue weighted by Gasteiger charge is -2.41. The van der Waals surface area contributed by atoms with Crippen molar-refractivity contribution in [1.29, 1.82) is 0 Å². The molecule has 0 radical (unpaired) electrons. The summed E-state index contributed by atoms with van der Waals surface area (Å²) in [6, 6.07) is 1.76. The highest BCUT2D eigenvalue weighted by atomic mass is 16.4. The highest BCUT2D eigenvalue weighted by molar-refractivity contribution is 5.82. The topological polar surface area (TPSA) is 76.5 Å². The van der Waals surface area contributed by atoms with E-state index in [9.17, 15) is 9.90 Å². The fraction of sp³-hybridized carbons (Fsp3) is 0.500. The Balaban J connectivity index is 2.39. The monoisotopic (exact) mass is 195 g/mol. The molecule has 1 fully saturated rings. The zero-order chi connectivity index (χ0) is 10.3. The first-order chi connectivity index (χ1) is 6.56. The molecule has 4 nitrogen and oxygen atoms in total. The van der Waals surface area contributed by atoms with Crippen LogP contribution in [-0.4, -0.2) is 17.1 Å². The molecule has 0 aliphatic heterocycles. The van der Waals surface area contributed by atoms with Gasteiger partial charge in [-0.3, -0.25) is 4.79 Å². The van der Waals surface area contributed by atoms with Crippen LogP contribution in [0.25, 0.3) is 0 Å². The molecule has 0 atom stereocenters. The third-order valence-electron chi connectivity index (χ3n) is 2.93. The lowest BCUT2D eigenvalue weighted by molar-refractivity contribution is -0.149. The zero-order valence-electron chi connectivity index (χ0n) is 7.99. The van der Waals surface area contributed by atoms with Crippen molar-refractivity contribution in [2.75, 3.05) is 0 Å². The van der Waals surface area contributed by atoms with Gasteiger partial charge in [0.2, 0.25) is 0 Å². The molecule has 2 rings (SSSR count). The van der Waals surface area contributed by atoms with Crippen LogP contribution in [0, 0.1) is 6.92 Å². The maximum atomic E-state index is 11.2. The van der Waals surface area contributed by atoms with Crippen LogP contribution >= 0.6 is 0 Å². The molecule has 0 spiro atoms. The third kappa shape index (κ3) is 1.07. The standard InChI is InChI=1S/C10H13NO3/c1-6-2-3-14-8(6)10(9(12)13)4-7(11)5-10/h2-3,7H,4-5,11H2,1H3,(H,12,13). The molecule has 1 aliphatic rings. The highest BCUT2D eigenvalue weighted by Crippen LogP contribution is 2.44. The average Bonchev–Trinajstić information content (AvgIpc) is 2.45. The van der Waals surface area contributed by atoms with Crippen molar-refractivity contribution in [3.05, 3.63) is 23.7 Å². The minimum atomic E-state index is -0.868. The molecule has 0 bridgehead atoms. The molecule has 1 aliphatic carbocycles. The molecule has 0 unspecified atom stereocenters. The van der Waals surface area contributed by atoms with Crippen LogP contribution in [0.5, 0.6) is 0 Å². The van der Waals surface area contributed by atoms with E-state index in [2.05, 4.69) is 0 Å². The molecule has 4 heteroatoms. The number of carboxylic acids is 1. The van der Waals surface area contributed by atoms with E-state index in [4.69, 9.17) is 10.2 Å². The van der Waals surface area contributed by atoms with E-state index < -0.39 is 11.4 Å². The van der Waals surface area contributed by atoms with Crippen LogP contribution in [0.1, 0.15) is 24.2 Å². The second-order valence-corrected chi connectivity index (χ2v) is 3.99. The second kappa shape index (κ2) is 2.85. The summed E-state index contributed by atoms with van der Waals surface area (Å²) in [4.78, 5) is 11.2. The Bertz CT molecular complexity index is 363. The maximum absolute atomic E-state index is 11.2. The Kier molecular flexibility index (Phi) is 1.89. The number of carboxylic acid groups (broad SMARTS) is 1. The fourth-order valence-electron chi connectivity index (χ4n) is 2.16. The van der Waals surface area contributed by atoms with Crippen molar-refractivity contribution >= 4 is 5.97 Å². The number of rotatable bonds is 2. The van der Waals surface area contributed by atoms with Crippen molar-refractivity contribution in [2.45, 2.75) is 31.2 Å². The highest BCUT2D eigenvalue weighted by Gasteiger charge is 2.53. The van der Waals surface area contributed by atoms with Crippen molar-refractivity contribution in [3.8, 4) is 0 Å². The molecule has 76 valence electrons. The van der Waals surface area contributed by atoms with Crippen molar-refractivity contribution < 1.29 is 14.3 Å². The number of aliphatic carboxylic acids is 1. The van der Waals surface area contributed by atoms with Gasteiger partial charge in [-0.2, -0.15) is 0 Å². The van der Waals surface area contributed by atoms with Crippen LogP contribution in [0.15, 0.2) is 16.7 Å². The molecular formula is C10H13NO3. The molecule has 1 heterocycles. The Labute approximate surface area is 81.7 Å². The summed E-state index contributed by atoms with van der Waals surface area (Å²) < 4.78 is 5.24. The first-order valence-corrected chi connectivity index (χ1v) is 4.60. The smallest absolute Gasteiger partial charge is 0.317 e. The van der Waals surface area contributed by atoms with Gasteiger partial charge in [-0.25, -0.2) is 0 Å². The predicted molar refractivity (Wildman–Crippen MR) is 50.0 cm³/mol. The number of nitrogens with two attached hydrogens (primary N) is 1. The first-order valence-electron chi connectivity index (χ1n) is 4.60. The van der Waals surface area contributed by atoms with Gasteiger partial charge in [0.15, 0.2) is 0 Å². The molecule has 0 saturated heterocycles. The zero-order valence-corrected chi connectivity index (χ0v) is 7.99. The van der Waals surface area contributed by atoms with Gasteiger partial charge in [0.05, 0.1) is 6.26 Å². The predicted octanol–water partition coefficient (Wildman–Crippen LogP) is 1.03. The number of furan rings is 1. The molecule has 3 N–H and O–H groups in total. The van der Waals surface area contributed by atoms with Crippen molar-refractivity contribution in [1.82, 2.24) is 0 Å². The van der Waals surface area contributed by atoms with E-state index >= 15 is 0 Å². The minimum absolute atomic E-state index is 0.0180. The number of carbonyl (C=O) groups is 1. The lowest BCUT2D eigenvalue weighted by atomic mass is 9.63. The van der Waals surface area contributed by atoms with Gasteiger partial charge in [-0.05, 0) is 31.4 Å². The van der Waals surface area contributed by atoms with E-state index in [1.165, 1.54) is 6.26 Å². The van der Waals surface area contributed by atoms with Crippen molar-refractivity contribution in [3.63, 3.8) is 0 Å². The van der Waals surface area contributed by atoms with Gasteiger partial charge in [-0.1, -0.05) is 0 Å². The molecule has 14 heavy (non-hydrogen) atoms. The van der Waals surface area contributed by atoms with E-state index in [0.29, 0.717) is 18.6 Å². The molecule has 1 saturated carbocycles. The van der Waals surface area contributed by atoms with Crippen LogP contribution in [0.2, 0.25) is 0 Å². The van der Waals surface area contributed by atoms with Gasteiger partial charge in [0.25, 0.3) is 0 Å². The van der Waals surface area contributed by atoms with Gasteiger partial charge >= 0.3 is 5.97 Å².